The maximum Gasteiger partial charge on any atom is 0.233 e. The van der Waals surface area contributed by atoms with Crippen molar-refractivity contribution in [1.82, 2.24) is 9.55 Å². The van der Waals surface area contributed by atoms with Gasteiger partial charge in [-0.2, -0.15) is 0 Å². The molecular formula is C9H15N3O2. The maximum atomic E-state index is 10.8. The first-order chi connectivity index (χ1) is 6.70. The highest BCUT2D eigenvalue weighted by atomic mass is 16.6. The monoisotopic (exact) mass is 197 g/mol. The fourth-order valence-electron chi connectivity index (χ4n) is 1.71. The summed E-state index contributed by atoms with van der Waals surface area (Å²) in [5.41, 5.74) is 0. The third kappa shape index (κ3) is 2.10. The topological polar surface area (TPSA) is 61.0 Å². The number of nitrogens with zero attached hydrogens (tertiary/aromatic N) is 3. The molecule has 0 saturated carbocycles. The highest BCUT2D eigenvalue weighted by Crippen LogP contribution is 2.20. The van der Waals surface area contributed by atoms with Gasteiger partial charge in [0.1, 0.15) is 6.04 Å². The molecule has 2 atom stereocenters. The lowest BCUT2D eigenvalue weighted by molar-refractivity contribution is -0.530. The lowest BCUT2D eigenvalue weighted by atomic mass is 10.0. The average molecular weight is 197 g/mol. The Morgan fingerprint density at radius 3 is 2.57 bits per heavy atom. The van der Waals surface area contributed by atoms with Gasteiger partial charge in [-0.15, -0.1) is 0 Å². The largest absolute Gasteiger partial charge is 0.328 e. The second-order valence-electron chi connectivity index (χ2n) is 3.25. The van der Waals surface area contributed by atoms with Crippen molar-refractivity contribution in [3.8, 4) is 0 Å². The van der Waals surface area contributed by atoms with E-state index >= 15 is 0 Å². The number of imidazole rings is 1. The highest BCUT2D eigenvalue weighted by molar-refractivity contribution is 4.83. The second kappa shape index (κ2) is 4.74. The van der Waals surface area contributed by atoms with Crippen molar-refractivity contribution in [3.63, 3.8) is 0 Å². The number of aromatic nitrogens is 2. The van der Waals surface area contributed by atoms with Crippen molar-refractivity contribution in [2.45, 2.75) is 38.8 Å². The minimum atomic E-state index is -0.519. The third-order valence-corrected chi connectivity index (χ3v) is 2.46. The Bertz CT molecular complexity index is 284. The van der Waals surface area contributed by atoms with Crippen LogP contribution in [0.15, 0.2) is 18.7 Å². The van der Waals surface area contributed by atoms with Crippen LogP contribution in [0, 0.1) is 10.1 Å². The summed E-state index contributed by atoms with van der Waals surface area (Å²) < 4.78 is 1.82. The first kappa shape index (κ1) is 10.7. The molecule has 2 unspecified atom stereocenters. The summed E-state index contributed by atoms with van der Waals surface area (Å²) in [7, 11) is 0. The van der Waals surface area contributed by atoms with Crippen LogP contribution in [0.25, 0.3) is 0 Å². The summed E-state index contributed by atoms with van der Waals surface area (Å²) in [6, 6.07) is -0.605. The summed E-state index contributed by atoms with van der Waals surface area (Å²) in [5.74, 6) is 0. The van der Waals surface area contributed by atoms with Crippen LogP contribution in [0.3, 0.4) is 0 Å². The minimum Gasteiger partial charge on any atom is -0.328 e. The number of hydrogen-bond acceptors (Lipinski definition) is 3. The molecule has 14 heavy (non-hydrogen) atoms. The Morgan fingerprint density at radius 2 is 2.21 bits per heavy atom. The average Bonchev–Trinajstić information content (AvgIpc) is 2.65. The predicted octanol–water partition coefficient (Wildman–Crippen LogP) is 1.89. The lowest BCUT2D eigenvalue weighted by Crippen LogP contribution is -2.29. The second-order valence-corrected chi connectivity index (χ2v) is 3.25. The molecule has 0 aromatic carbocycles. The van der Waals surface area contributed by atoms with Crippen LogP contribution >= 0.6 is 0 Å². The summed E-state index contributed by atoms with van der Waals surface area (Å²) in [5, 5.41) is 10.8. The minimum absolute atomic E-state index is 0.0856. The fraction of sp³-hybridized carbons (Fsp3) is 0.667. The SMILES string of the molecule is CCC(C(CC)[N+](=O)[O-])n1ccnc1. The molecule has 1 aromatic heterocycles. The van der Waals surface area contributed by atoms with Crippen molar-refractivity contribution in [1.29, 1.82) is 0 Å². The van der Waals surface area contributed by atoms with Crippen LogP contribution in [0.2, 0.25) is 0 Å². The Balaban J connectivity index is 2.85. The van der Waals surface area contributed by atoms with E-state index in [9.17, 15) is 10.1 Å². The zero-order chi connectivity index (χ0) is 10.6. The van der Waals surface area contributed by atoms with Gasteiger partial charge in [0.25, 0.3) is 0 Å². The molecule has 5 heteroatoms. The van der Waals surface area contributed by atoms with Crippen LogP contribution in [0.1, 0.15) is 32.7 Å². The third-order valence-electron chi connectivity index (χ3n) is 2.46. The van der Waals surface area contributed by atoms with E-state index < -0.39 is 6.04 Å². The molecule has 0 saturated heterocycles. The number of nitro groups is 1. The van der Waals surface area contributed by atoms with Crippen LogP contribution in [0.5, 0.6) is 0 Å². The zero-order valence-corrected chi connectivity index (χ0v) is 8.46. The smallest absolute Gasteiger partial charge is 0.233 e. The lowest BCUT2D eigenvalue weighted by Gasteiger charge is -2.19. The normalized spacial score (nSPS) is 15.0. The van der Waals surface area contributed by atoms with E-state index in [-0.39, 0.29) is 11.0 Å². The van der Waals surface area contributed by atoms with Crippen LogP contribution < -0.4 is 0 Å². The molecule has 0 aliphatic carbocycles. The first-order valence-corrected chi connectivity index (χ1v) is 4.81. The van der Waals surface area contributed by atoms with E-state index in [1.54, 1.807) is 18.7 Å². The molecule has 0 radical (unpaired) electrons. The van der Waals surface area contributed by atoms with Crippen molar-refractivity contribution in [2.75, 3.05) is 0 Å². The molecular weight excluding hydrogens is 182 g/mol. The Hall–Kier alpha value is -1.39. The molecule has 0 spiro atoms. The van der Waals surface area contributed by atoms with Gasteiger partial charge in [0.2, 0.25) is 6.04 Å². The summed E-state index contributed by atoms with van der Waals surface area (Å²) in [6.07, 6.45) is 6.36. The van der Waals surface area contributed by atoms with Gasteiger partial charge in [-0.05, 0) is 6.42 Å². The highest BCUT2D eigenvalue weighted by Gasteiger charge is 2.29. The van der Waals surface area contributed by atoms with Crippen LogP contribution in [-0.4, -0.2) is 20.5 Å². The quantitative estimate of drug-likeness (QED) is 0.535. The van der Waals surface area contributed by atoms with Gasteiger partial charge < -0.3 is 4.57 Å². The van der Waals surface area contributed by atoms with Crippen molar-refractivity contribution in [3.05, 3.63) is 28.8 Å². The number of hydrogen-bond donors (Lipinski definition) is 0. The molecule has 0 N–H and O–H groups in total. The van der Waals surface area contributed by atoms with E-state index in [0.717, 1.165) is 6.42 Å². The molecule has 0 bridgehead atoms. The Morgan fingerprint density at radius 1 is 1.50 bits per heavy atom. The van der Waals surface area contributed by atoms with Crippen molar-refractivity contribution in [2.24, 2.45) is 0 Å². The molecule has 0 amide bonds. The van der Waals surface area contributed by atoms with Gasteiger partial charge >= 0.3 is 0 Å². The molecule has 5 nitrogen and oxygen atoms in total. The van der Waals surface area contributed by atoms with Crippen molar-refractivity contribution < 1.29 is 4.92 Å². The van der Waals surface area contributed by atoms with Gasteiger partial charge in [-0.3, -0.25) is 10.1 Å². The Kier molecular flexibility index (Phi) is 3.62. The van der Waals surface area contributed by atoms with E-state index in [1.807, 2.05) is 18.4 Å². The van der Waals surface area contributed by atoms with Gasteiger partial charge in [-0.25, -0.2) is 4.98 Å². The molecule has 1 rings (SSSR count). The first-order valence-electron chi connectivity index (χ1n) is 4.81. The van der Waals surface area contributed by atoms with Gasteiger partial charge in [-0.1, -0.05) is 13.8 Å². The maximum absolute atomic E-state index is 10.8. The molecule has 78 valence electrons. The fourth-order valence-corrected chi connectivity index (χ4v) is 1.71. The summed E-state index contributed by atoms with van der Waals surface area (Å²) in [6.45, 7) is 3.80. The van der Waals surface area contributed by atoms with Crippen LogP contribution in [0.4, 0.5) is 0 Å². The Labute approximate surface area is 82.9 Å². The predicted molar refractivity (Wildman–Crippen MR) is 52.6 cm³/mol. The van der Waals surface area contributed by atoms with Crippen molar-refractivity contribution >= 4 is 0 Å². The summed E-state index contributed by atoms with van der Waals surface area (Å²) >= 11 is 0. The van der Waals surface area contributed by atoms with Gasteiger partial charge in [0.15, 0.2) is 0 Å². The number of rotatable bonds is 5. The molecule has 1 aromatic rings. The van der Waals surface area contributed by atoms with E-state index in [1.165, 1.54) is 0 Å². The van der Waals surface area contributed by atoms with E-state index in [2.05, 4.69) is 4.98 Å². The molecule has 0 aliphatic rings. The standard InChI is InChI=1S/C9H15N3O2/c1-3-8(9(4-2)12(13)14)11-6-5-10-7-11/h5-9H,3-4H2,1-2H3. The van der Waals surface area contributed by atoms with Gasteiger partial charge in [0, 0.05) is 23.7 Å². The molecule has 0 aliphatic heterocycles. The zero-order valence-electron chi connectivity index (χ0n) is 8.46. The molecule has 0 fully saturated rings. The summed E-state index contributed by atoms with van der Waals surface area (Å²) in [4.78, 5) is 14.5. The van der Waals surface area contributed by atoms with Crippen LogP contribution in [-0.2, 0) is 0 Å². The molecule has 1 heterocycles. The van der Waals surface area contributed by atoms with E-state index in [4.69, 9.17) is 0 Å². The van der Waals surface area contributed by atoms with Gasteiger partial charge in [0.05, 0.1) is 6.33 Å². The van der Waals surface area contributed by atoms with E-state index in [0.29, 0.717) is 6.42 Å².